The second-order valence-corrected chi connectivity index (χ2v) is 4.05. The third-order valence-electron chi connectivity index (χ3n) is 1.82. The van der Waals surface area contributed by atoms with E-state index in [0.29, 0.717) is 18.1 Å². The van der Waals surface area contributed by atoms with Crippen LogP contribution in [-0.2, 0) is 0 Å². The molecule has 2 N–H and O–H groups in total. The first kappa shape index (κ1) is 12.8. The van der Waals surface area contributed by atoms with Gasteiger partial charge in [0.15, 0.2) is 0 Å². The third-order valence-corrected chi connectivity index (χ3v) is 2.43. The molecule has 0 fully saturated rings. The molecule has 0 aliphatic rings. The fourth-order valence-electron chi connectivity index (χ4n) is 1.10. The molecule has 0 aliphatic carbocycles. The van der Waals surface area contributed by atoms with Gasteiger partial charge < -0.3 is 10.6 Å². The van der Waals surface area contributed by atoms with Crippen LogP contribution in [0, 0.1) is 0 Å². The van der Waals surface area contributed by atoms with Gasteiger partial charge in [0.1, 0.15) is 11.5 Å². The van der Waals surface area contributed by atoms with Gasteiger partial charge in [0.2, 0.25) is 0 Å². The van der Waals surface area contributed by atoms with Crippen molar-refractivity contribution in [3.63, 3.8) is 0 Å². The highest BCUT2D eigenvalue weighted by molar-refractivity contribution is 7.98. The van der Waals surface area contributed by atoms with Crippen molar-refractivity contribution in [1.29, 1.82) is 0 Å². The van der Waals surface area contributed by atoms with Gasteiger partial charge in [-0.3, -0.25) is 9.78 Å². The molecule has 0 radical (unpaired) electrons. The molecular weight excluding hydrogens is 224 g/mol. The molecular formula is C10H16N4OS. The Labute approximate surface area is 99.4 Å². The van der Waals surface area contributed by atoms with Gasteiger partial charge in [-0.05, 0) is 13.2 Å². The first-order chi connectivity index (χ1) is 7.77. The first-order valence-corrected chi connectivity index (χ1v) is 6.50. The minimum absolute atomic E-state index is 0.179. The zero-order valence-electron chi connectivity index (χ0n) is 9.49. The molecule has 1 aromatic rings. The predicted molar refractivity (Wildman–Crippen MR) is 66.9 cm³/mol. The number of rotatable bonds is 6. The standard InChI is InChI=1S/C10H16N4OS/c1-3-12-9-7-11-6-8(14-9)10(15)13-4-5-16-2/h6-7H,3-5H2,1-2H3,(H,12,14)(H,13,15). The molecule has 0 saturated carbocycles. The van der Waals surface area contributed by atoms with E-state index in [1.165, 1.54) is 6.20 Å². The van der Waals surface area contributed by atoms with Crippen molar-refractivity contribution in [3.05, 3.63) is 18.1 Å². The number of anilines is 1. The van der Waals surface area contributed by atoms with E-state index in [0.717, 1.165) is 12.3 Å². The summed E-state index contributed by atoms with van der Waals surface area (Å²) in [5.41, 5.74) is 0.347. The Morgan fingerprint density at radius 1 is 1.50 bits per heavy atom. The summed E-state index contributed by atoms with van der Waals surface area (Å²) in [5.74, 6) is 1.34. The lowest BCUT2D eigenvalue weighted by molar-refractivity contribution is 0.0951. The number of carbonyl (C=O) groups excluding carboxylic acids is 1. The average Bonchev–Trinajstić information content (AvgIpc) is 2.30. The van der Waals surface area contributed by atoms with Crippen LogP contribution in [0.1, 0.15) is 17.4 Å². The van der Waals surface area contributed by atoms with Crippen molar-refractivity contribution in [2.45, 2.75) is 6.92 Å². The van der Waals surface area contributed by atoms with E-state index in [1.807, 2.05) is 13.2 Å². The first-order valence-electron chi connectivity index (χ1n) is 5.11. The maximum absolute atomic E-state index is 11.6. The van der Waals surface area contributed by atoms with Gasteiger partial charge in [0.25, 0.3) is 5.91 Å². The molecule has 5 nitrogen and oxygen atoms in total. The van der Waals surface area contributed by atoms with Gasteiger partial charge >= 0.3 is 0 Å². The molecule has 1 rings (SSSR count). The van der Waals surface area contributed by atoms with E-state index in [4.69, 9.17) is 0 Å². The predicted octanol–water partition coefficient (Wildman–Crippen LogP) is 1.00. The van der Waals surface area contributed by atoms with Crippen molar-refractivity contribution in [3.8, 4) is 0 Å². The van der Waals surface area contributed by atoms with E-state index in [9.17, 15) is 4.79 Å². The number of thioether (sulfide) groups is 1. The lowest BCUT2D eigenvalue weighted by Crippen LogP contribution is -2.26. The van der Waals surface area contributed by atoms with Gasteiger partial charge in [-0.25, -0.2) is 4.98 Å². The summed E-state index contributed by atoms with van der Waals surface area (Å²) in [5, 5.41) is 5.79. The summed E-state index contributed by atoms with van der Waals surface area (Å²) in [6.07, 6.45) is 5.06. The van der Waals surface area contributed by atoms with Crippen LogP contribution in [0.25, 0.3) is 0 Å². The SMILES string of the molecule is CCNc1cncc(C(=O)NCCSC)n1. The molecule has 1 heterocycles. The number of hydrogen-bond acceptors (Lipinski definition) is 5. The van der Waals surface area contributed by atoms with Crippen LogP contribution >= 0.6 is 11.8 Å². The van der Waals surface area contributed by atoms with Crippen molar-refractivity contribution in [2.75, 3.05) is 30.4 Å². The second-order valence-electron chi connectivity index (χ2n) is 3.07. The minimum Gasteiger partial charge on any atom is -0.369 e. The smallest absolute Gasteiger partial charge is 0.271 e. The van der Waals surface area contributed by atoms with E-state index in [2.05, 4.69) is 20.6 Å². The van der Waals surface area contributed by atoms with Gasteiger partial charge in [0, 0.05) is 18.8 Å². The number of aromatic nitrogens is 2. The molecule has 0 unspecified atom stereocenters. The Bertz CT molecular complexity index is 345. The number of hydrogen-bond donors (Lipinski definition) is 2. The monoisotopic (exact) mass is 240 g/mol. The zero-order valence-corrected chi connectivity index (χ0v) is 10.3. The normalized spacial score (nSPS) is 9.88. The minimum atomic E-state index is -0.179. The van der Waals surface area contributed by atoms with Crippen molar-refractivity contribution < 1.29 is 4.79 Å². The molecule has 0 aliphatic heterocycles. The fraction of sp³-hybridized carbons (Fsp3) is 0.500. The average molecular weight is 240 g/mol. The van der Waals surface area contributed by atoms with Crippen LogP contribution in [0.3, 0.4) is 0 Å². The maximum atomic E-state index is 11.6. The van der Waals surface area contributed by atoms with Gasteiger partial charge in [-0.1, -0.05) is 0 Å². The summed E-state index contributed by atoms with van der Waals surface area (Å²) in [6.45, 7) is 3.37. The number of carbonyl (C=O) groups is 1. The molecule has 0 saturated heterocycles. The number of nitrogens with one attached hydrogen (secondary N) is 2. The molecule has 1 amide bonds. The second kappa shape index (κ2) is 7.05. The summed E-state index contributed by atoms with van der Waals surface area (Å²) < 4.78 is 0. The largest absolute Gasteiger partial charge is 0.369 e. The van der Waals surface area contributed by atoms with Crippen LogP contribution in [0.4, 0.5) is 5.82 Å². The molecule has 0 atom stereocenters. The Balaban J connectivity index is 2.57. The molecule has 0 aromatic carbocycles. The topological polar surface area (TPSA) is 66.9 Å². The van der Waals surface area contributed by atoms with Crippen LogP contribution < -0.4 is 10.6 Å². The zero-order chi connectivity index (χ0) is 11.8. The summed E-state index contributed by atoms with van der Waals surface area (Å²) >= 11 is 1.69. The summed E-state index contributed by atoms with van der Waals surface area (Å²) in [4.78, 5) is 19.7. The number of amides is 1. The van der Waals surface area contributed by atoms with Gasteiger partial charge in [-0.15, -0.1) is 0 Å². The summed E-state index contributed by atoms with van der Waals surface area (Å²) in [6, 6.07) is 0. The maximum Gasteiger partial charge on any atom is 0.271 e. The van der Waals surface area contributed by atoms with Crippen LogP contribution in [0.15, 0.2) is 12.4 Å². The van der Waals surface area contributed by atoms with E-state index < -0.39 is 0 Å². The van der Waals surface area contributed by atoms with Crippen LogP contribution in [0.5, 0.6) is 0 Å². The Hall–Kier alpha value is -1.30. The Morgan fingerprint density at radius 3 is 3.00 bits per heavy atom. The van der Waals surface area contributed by atoms with Crippen molar-refractivity contribution in [1.82, 2.24) is 15.3 Å². The van der Waals surface area contributed by atoms with E-state index in [1.54, 1.807) is 18.0 Å². The summed E-state index contributed by atoms with van der Waals surface area (Å²) in [7, 11) is 0. The van der Waals surface area contributed by atoms with Crippen LogP contribution in [-0.4, -0.2) is 41.0 Å². The lowest BCUT2D eigenvalue weighted by Gasteiger charge is -2.05. The molecule has 6 heteroatoms. The highest BCUT2D eigenvalue weighted by atomic mass is 32.2. The Morgan fingerprint density at radius 2 is 2.31 bits per heavy atom. The lowest BCUT2D eigenvalue weighted by atomic mass is 10.4. The molecule has 0 bridgehead atoms. The number of nitrogens with zero attached hydrogens (tertiary/aromatic N) is 2. The third kappa shape index (κ3) is 4.06. The van der Waals surface area contributed by atoms with Gasteiger partial charge in [0.05, 0.1) is 12.4 Å². The van der Waals surface area contributed by atoms with E-state index >= 15 is 0 Å². The fourth-order valence-corrected chi connectivity index (χ4v) is 1.41. The van der Waals surface area contributed by atoms with E-state index in [-0.39, 0.29) is 5.91 Å². The highest BCUT2D eigenvalue weighted by Gasteiger charge is 2.07. The van der Waals surface area contributed by atoms with Crippen molar-refractivity contribution >= 4 is 23.5 Å². The van der Waals surface area contributed by atoms with Crippen LogP contribution in [0.2, 0.25) is 0 Å². The van der Waals surface area contributed by atoms with Gasteiger partial charge in [-0.2, -0.15) is 11.8 Å². The van der Waals surface area contributed by atoms with Crippen molar-refractivity contribution in [2.24, 2.45) is 0 Å². The Kier molecular flexibility index (Phi) is 5.63. The molecule has 1 aromatic heterocycles. The molecule has 88 valence electrons. The molecule has 0 spiro atoms. The quantitative estimate of drug-likeness (QED) is 0.726. The highest BCUT2D eigenvalue weighted by Crippen LogP contribution is 2.01. The molecule has 16 heavy (non-hydrogen) atoms.